The second kappa shape index (κ2) is 7.39. The molecule has 0 bridgehead atoms. The molecule has 132 valence electrons. The average Bonchev–Trinajstić information content (AvgIpc) is 3.12. The number of hydrogen-bond acceptors (Lipinski definition) is 6. The predicted octanol–water partition coefficient (Wildman–Crippen LogP) is 1.42. The van der Waals surface area contributed by atoms with Gasteiger partial charge in [-0.2, -0.15) is 0 Å². The molecule has 1 fully saturated rings. The summed E-state index contributed by atoms with van der Waals surface area (Å²) in [6.07, 6.45) is 5.60. The lowest BCUT2D eigenvalue weighted by Gasteiger charge is -2.30. The molecule has 25 heavy (non-hydrogen) atoms. The summed E-state index contributed by atoms with van der Waals surface area (Å²) in [5.74, 6) is -0.0217. The fraction of sp³-hybridized carbons (Fsp3) is 0.438. The third kappa shape index (κ3) is 3.82. The fourth-order valence-corrected chi connectivity index (χ4v) is 3.17. The molecule has 9 heteroatoms. The van der Waals surface area contributed by atoms with Gasteiger partial charge < -0.3 is 11.1 Å². The van der Waals surface area contributed by atoms with Crippen molar-refractivity contribution in [2.75, 3.05) is 6.54 Å². The van der Waals surface area contributed by atoms with Gasteiger partial charge in [-0.25, -0.2) is 4.68 Å². The van der Waals surface area contributed by atoms with E-state index in [0.29, 0.717) is 12.2 Å². The van der Waals surface area contributed by atoms with Crippen LogP contribution in [0.1, 0.15) is 36.2 Å². The largest absolute Gasteiger partial charge is 0.348 e. The Balaban J connectivity index is 1.73. The first-order valence-electron chi connectivity index (χ1n) is 8.26. The minimum Gasteiger partial charge on any atom is -0.348 e. The number of nitrogens with zero attached hydrogens (tertiary/aromatic N) is 4. The lowest BCUT2D eigenvalue weighted by Crippen LogP contribution is -2.44. The van der Waals surface area contributed by atoms with Crippen molar-refractivity contribution in [3.63, 3.8) is 0 Å². The summed E-state index contributed by atoms with van der Waals surface area (Å²) in [5, 5.41) is 21.6. The number of hydrogen-bond donors (Lipinski definition) is 2. The summed E-state index contributed by atoms with van der Waals surface area (Å²) < 4.78 is 1.35. The molecule has 3 N–H and O–H groups in total. The van der Waals surface area contributed by atoms with Gasteiger partial charge in [0.1, 0.15) is 0 Å². The maximum atomic E-state index is 12.4. The van der Waals surface area contributed by atoms with Crippen molar-refractivity contribution >= 4 is 11.6 Å². The van der Waals surface area contributed by atoms with Crippen LogP contribution in [0, 0.1) is 16.0 Å². The molecular weight excluding hydrogens is 324 g/mol. The quantitative estimate of drug-likeness (QED) is 0.623. The van der Waals surface area contributed by atoms with E-state index < -0.39 is 4.92 Å². The monoisotopic (exact) mass is 344 g/mol. The van der Waals surface area contributed by atoms with Gasteiger partial charge in [-0.3, -0.25) is 14.9 Å². The van der Waals surface area contributed by atoms with E-state index >= 15 is 0 Å². The van der Waals surface area contributed by atoms with Gasteiger partial charge in [-0.15, -0.1) is 5.10 Å². The number of nitro groups is 1. The van der Waals surface area contributed by atoms with Crippen molar-refractivity contribution in [2.24, 2.45) is 11.7 Å². The van der Waals surface area contributed by atoms with Crippen molar-refractivity contribution in [1.82, 2.24) is 20.3 Å². The van der Waals surface area contributed by atoms with Gasteiger partial charge in [0, 0.05) is 18.2 Å². The zero-order valence-corrected chi connectivity index (χ0v) is 13.7. The van der Waals surface area contributed by atoms with Crippen LogP contribution < -0.4 is 11.1 Å². The smallest absolute Gasteiger partial charge is 0.273 e. The van der Waals surface area contributed by atoms with Crippen LogP contribution in [-0.2, 0) is 0 Å². The third-order valence-corrected chi connectivity index (χ3v) is 4.56. The number of benzene rings is 1. The highest BCUT2D eigenvalue weighted by Gasteiger charge is 2.26. The minimum atomic E-state index is -0.482. The van der Waals surface area contributed by atoms with E-state index in [2.05, 4.69) is 15.6 Å². The van der Waals surface area contributed by atoms with Crippen LogP contribution in [-0.4, -0.2) is 38.4 Å². The number of amides is 1. The molecule has 2 aromatic rings. The lowest BCUT2D eigenvalue weighted by molar-refractivity contribution is -0.384. The molecule has 1 aliphatic rings. The number of carbonyl (C=O) groups is 1. The van der Waals surface area contributed by atoms with Gasteiger partial charge in [-0.1, -0.05) is 24.1 Å². The predicted molar refractivity (Wildman–Crippen MR) is 90.3 cm³/mol. The van der Waals surface area contributed by atoms with Gasteiger partial charge in [0.25, 0.3) is 11.6 Å². The topological polar surface area (TPSA) is 129 Å². The van der Waals surface area contributed by atoms with E-state index in [0.717, 1.165) is 25.7 Å². The summed E-state index contributed by atoms with van der Waals surface area (Å²) in [6, 6.07) is 6.04. The van der Waals surface area contributed by atoms with Gasteiger partial charge in [-0.05, 0) is 31.4 Å². The molecule has 0 spiro atoms. The summed E-state index contributed by atoms with van der Waals surface area (Å²) in [4.78, 5) is 22.8. The number of rotatable bonds is 5. The van der Waals surface area contributed by atoms with E-state index in [1.165, 1.54) is 23.0 Å². The van der Waals surface area contributed by atoms with Gasteiger partial charge >= 0.3 is 0 Å². The number of non-ortho nitro benzene ring substituents is 1. The van der Waals surface area contributed by atoms with Crippen molar-refractivity contribution in [3.05, 3.63) is 46.3 Å². The van der Waals surface area contributed by atoms with Crippen molar-refractivity contribution in [1.29, 1.82) is 0 Å². The number of carbonyl (C=O) groups excluding carboxylic acids is 1. The minimum absolute atomic E-state index is 0.0491. The maximum Gasteiger partial charge on any atom is 0.273 e. The Morgan fingerprint density at radius 1 is 1.40 bits per heavy atom. The molecule has 0 radical (unpaired) electrons. The number of aromatic nitrogens is 3. The van der Waals surface area contributed by atoms with Crippen molar-refractivity contribution < 1.29 is 9.72 Å². The molecule has 1 aromatic heterocycles. The second-order valence-corrected chi connectivity index (χ2v) is 6.19. The van der Waals surface area contributed by atoms with E-state index in [1.807, 2.05) is 0 Å². The Bertz CT molecular complexity index is 775. The van der Waals surface area contributed by atoms with Gasteiger partial charge in [0.2, 0.25) is 0 Å². The first-order chi connectivity index (χ1) is 12.1. The molecule has 1 aromatic carbocycles. The normalized spacial score (nSPS) is 20.2. The van der Waals surface area contributed by atoms with E-state index in [4.69, 9.17) is 5.73 Å². The zero-order valence-electron chi connectivity index (χ0n) is 13.7. The standard InChI is InChI=1S/C16H20N6O3/c17-9-11-4-1-2-7-14(11)18-16(23)15-10-21(20-19-15)12-5-3-6-13(8-12)22(24)25/h3,5-6,8,10-11,14H,1-2,4,7,9,17H2,(H,18,23). The second-order valence-electron chi connectivity index (χ2n) is 6.19. The lowest BCUT2D eigenvalue weighted by atomic mass is 9.84. The fourth-order valence-electron chi connectivity index (χ4n) is 3.17. The Kier molecular flexibility index (Phi) is 5.03. The summed E-state index contributed by atoms with van der Waals surface area (Å²) >= 11 is 0. The third-order valence-electron chi connectivity index (χ3n) is 4.56. The molecule has 3 rings (SSSR count). The first kappa shape index (κ1) is 17.0. The van der Waals surface area contributed by atoms with Crippen LogP contribution in [0.4, 0.5) is 5.69 Å². The highest BCUT2D eigenvalue weighted by atomic mass is 16.6. The SMILES string of the molecule is NCC1CCCCC1NC(=O)c1cn(-c2cccc([N+](=O)[O-])c2)nn1. The van der Waals surface area contributed by atoms with Crippen LogP contribution in [0.15, 0.2) is 30.5 Å². The van der Waals surface area contributed by atoms with E-state index in [9.17, 15) is 14.9 Å². The Morgan fingerprint density at radius 2 is 2.20 bits per heavy atom. The van der Waals surface area contributed by atoms with E-state index in [1.54, 1.807) is 12.1 Å². The Morgan fingerprint density at radius 3 is 2.96 bits per heavy atom. The molecule has 0 saturated heterocycles. The highest BCUT2D eigenvalue weighted by Crippen LogP contribution is 2.23. The molecule has 2 atom stereocenters. The molecule has 1 heterocycles. The maximum absolute atomic E-state index is 12.4. The van der Waals surface area contributed by atoms with Crippen molar-refractivity contribution in [2.45, 2.75) is 31.7 Å². The molecule has 0 aliphatic heterocycles. The Hall–Kier alpha value is -2.81. The number of nitrogens with one attached hydrogen (secondary N) is 1. The molecule has 1 amide bonds. The number of nitrogens with two attached hydrogens (primary N) is 1. The summed E-state index contributed by atoms with van der Waals surface area (Å²) in [5.41, 5.74) is 6.38. The van der Waals surface area contributed by atoms with Crippen LogP contribution in [0.2, 0.25) is 0 Å². The van der Waals surface area contributed by atoms with E-state index in [-0.39, 0.29) is 29.2 Å². The molecule has 1 aliphatic carbocycles. The van der Waals surface area contributed by atoms with Crippen LogP contribution in [0.3, 0.4) is 0 Å². The molecule has 1 saturated carbocycles. The van der Waals surface area contributed by atoms with Gasteiger partial charge in [0.05, 0.1) is 16.8 Å². The van der Waals surface area contributed by atoms with Crippen LogP contribution >= 0.6 is 0 Å². The number of nitro benzene ring substituents is 1. The van der Waals surface area contributed by atoms with Crippen LogP contribution in [0.25, 0.3) is 5.69 Å². The zero-order chi connectivity index (χ0) is 17.8. The first-order valence-corrected chi connectivity index (χ1v) is 8.26. The van der Waals surface area contributed by atoms with Crippen LogP contribution in [0.5, 0.6) is 0 Å². The van der Waals surface area contributed by atoms with Crippen molar-refractivity contribution in [3.8, 4) is 5.69 Å². The Labute approximate surface area is 144 Å². The van der Waals surface area contributed by atoms with Gasteiger partial charge in [0.15, 0.2) is 5.69 Å². The molecule has 9 nitrogen and oxygen atoms in total. The molecule has 2 unspecified atom stereocenters. The summed E-state index contributed by atoms with van der Waals surface area (Å²) in [7, 11) is 0. The molecular formula is C16H20N6O3. The highest BCUT2D eigenvalue weighted by molar-refractivity contribution is 5.92. The average molecular weight is 344 g/mol. The summed E-state index contributed by atoms with van der Waals surface area (Å²) in [6.45, 7) is 0.547.